The summed E-state index contributed by atoms with van der Waals surface area (Å²) < 4.78 is 0. The van der Waals surface area contributed by atoms with E-state index >= 15 is 0 Å². The highest BCUT2D eigenvalue weighted by Crippen LogP contribution is 2.19. The van der Waals surface area contributed by atoms with Gasteiger partial charge >= 0.3 is 5.97 Å². The fraction of sp³-hybridized carbons (Fsp3) is 0.385. The molecule has 0 aromatic heterocycles. The van der Waals surface area contributed by atoms with E-state index in [1.807, 2.05) is 18.2 Å². The number of halogens is 1. The molecule has 2 rings (SSSR count). The number of benzene rings is 1. The molecule has 0 spiro atoms. The van der Waals surface area contributed by atoms with Gasteiger partial charge in [-0.2, -0.15) is 5.26 Å². The van der Waals surface area contributed by atoms with Gasteiger partial charge in [-0.3, -0.25) is 4.79 Å². The Morgan fingerprint density at radius 1 is 1.56 bits per heavy atom. The van der Waals surface area contributed by atoms with Crippen molar-refractivity contribution in [2.45, 2.75) is 18.9 Å². The number of hydrogen-bond donors (Lipinski definition) is 2. The molecule has 96 valence electrons. The van der Waals surface area contributed by atoms with Gasteiger partial charge in [-0.25, -0.2) is 0 Å². The molecule has 0 unspecified atom stereocenters. The molecule has 2 atom stereocenters. The van der Waals surface area contributed by atoms with Gasteiger partial charge in [-0.1, -0.05) is 12.1 Å². The second-order valence-corrected chi connectivity index (χ2v) is 4.42. The molecular weight excluding hydrogens is 252 g/mol. The first-order chi connectivity index (χ1) is 8.19. The van der Waals surface area contributed by atoms with Gasteiger partial charge < -0.3 is 10.4 Å². The zero-order chi connectivity index (χ0) is 12.3. The second-order valence-electron chi connectivity index (χ2n) is 4.42. The third kappa shape index (κ3) is 3.46. The Morgan fingerprint density at radius 2 is 2.33 bits per heavy atom. The van der Waals surface area contributed by atoms with Crippen molar-refractivity contribution in [3.05, 3.63) is 35.4 Å². The van der Waals surface area contributed by atoms with Gasteiger partial charge in [0, 0.05) is 0 Å². The molecule has 1 aliphatic rings. The zero-order valence-electron chi connectivity index (χ0n) is 9.80. The van der Waals surface area contributed by atoms with Crippen LogP contribution in [-0.2, 0) is 11.2 Å². The Morgan fingerprint density at radius 3 is 2.94 bits per heavy atom. The topological polar surface area (TPSA) is 73.1 Å². The molecule has 2 N–H and O–H groups in total. The Labute approximate surface area is 112 Å². The van der Waals surface area contributed by atoms with Crippen LogP contribution in [0.25, 0.3) is 0 Å². The van der Waals surface area contributed by atoms with Gasteiger partial charge in [0.05, 0.1) is 11.6 Å². The maximum atomic E-state index is 10.8. The van der Waals surface area contributed by atoms with Crippen LogP contribution in [0.4, 0.5) is 0 Å². The summed E-state index contributed by atoms with van der Waals surface area (Å²) in [5.74, 6) is -0.441. The normalized spacial score (nSPS) is 21.9. The Balaban J connectivity index is 0.00000162. The van der Waals surface area contributed by atoms with Crippen molar-refractivity contribution < 1.29 is 9.90 Å². The first-order valence-electron chi connectivity index (χ1n) is 5.64. The lowest BCUT2D eigenvalue weighted by molar-refractivity contribution is -0.139. The molecule has 0 bridgehead atoms. The van der Waals surface area contributed by atoms with Crippen molar-refractivity contribution in [1.29, 1.82) is 5.26 Å². The van der Waals surface area contributed by atoms with Crippen molar-refractivity contribution >= 4 is 18.4 Å². The largest absolute Gasteiger partial charge is 0.480 e. The summed E-state index contributed by atoms with van der Waals surface area (Å²) in [4.78, 5) is 10.8. The van der Waals surface area contributed by atoms with Gasteiger partial charge in [0.25, 0.3) is 0 Å². The van der Waals surface area contributed by atoms with Crippen LogP contribution in [0.5, 0.6) is 0 Å². The average molecular weight is 267 g/mol. The molecule has 0 saturated carbocycles. The summed E-state index contributed by atoms with van der Waals surface area (Å²) in [7, 11) is 0. The van der Waals surface area contributed by atoms with Crippen LogP contribution in [0, 0.1) is 17.2 Å². The number of carboxylic acids is 1. The van der Waals surface area contributed by atoms with E-state index in [9.17, 15) is 4.79 Å². The van der Waals surface area contributed by atoms with Crippen LogP contribution < -0.4 is 5.32 Å². The van der Waals surface area contributed by atoms with Crippen molar-refractivity contribution in [3.63, 3.8) is 0 Å². The molecule has 5 heteroatoms. The molecule has 1 aromatic rings. The summed E-state index contributed by atoms with van der Waals surface area (Å²) in [5, 5.41) is 20.7. The summed E-state index contributed by atoms with van der Waals surface area (Å²) in [6.45, 7) is 0.730. The van der Waals surface area contributed by atoms with Crippen molar-refractivity contribution in [2.24, 2.45) is 5.92 Å². The van der Waals surface area contributed by atoms with Gasteiger partial charge in [0.2, 0.25) is 0 Å². The monoisotopic (exact) mass is 266 g/mol. The van der Waals surface area contributed by atoms with Crippen LogP contribution in [0.15, 0.2) is 24.3 Å². The number of nitrogens with one attached hydrogen (secondary N) is 1. The van der Waals surface area contributed by atoms with Gasteiger partial charge in [-0.05, 0) is 43.0 Å². The molecule has 0 aliphatic carbocycles. The van der Waals surface area contributed by atoms with E-state index in [0.29, 0.717) is 17.9 Å². The minimum Gasteiger partial charge on any atom is -0.480 e. The van der Waals surface area contributed by atoms with Crippen molar-refractivity contribution in [1.82, 2.24) is 5.32 Å². The van der Waals surface area contributed by atoms with Crippen molar-refractivity contribution in [3.8, 4) is 6.07 Å². The number of hydrogen-bond acceptors (Lipinski definition) is 3. The van der Waals surface area contributed by atoms with E-state index < -0.39 is 12.0 Å². The van der Waals surface area contributed by atoms with E-state index in [1.165, 1.54) is 0 Å². The summed E-state index contributed by atoms with van der Waals surface area (Å²) >= 11 is 0. The van der Waals surface area contributed by atoms with E-state index in [1.54, 1.807) is 6.07 Å². The highest BCUT2D eigenvalue weighted by molar-refractivity contribution is 5.85. The molecule has 0 radical (unpaired) electrons. The molecule has 18 heavy (non-hydrogen) atoms. The number of rotatable bonds is 3. The fourth-order valence-electron chi connectivity index (χ4n) is 2.25. The molecule has 1 aromatic carbocycles. The van der Waals surface area contributed by atoms with Crippen LogP contribution in [0.2, 0.25) is 0 Å². The fourth-order valence-corrected chi connectivity index (χ4v) is 2.25. The molecular formula is C13H15ClN2O2. The molecule has 1 fully saturated rings. The number of nitriles is 1. The molecule has 1 saturated heterocycles. The quantitative estimate of drug-likeness (QED) is 0.871. The van der Waals surface area contributed by atoms with E-state index in [2.05, 4.69) is 11.4 Å². The van der Waals surface area contributed by atoms with Gasteiger partial charge in [-0.15, -0.1) is 12.4 Å². The Hall–Kier alpha value is -1.57. The first kappa shape index (κ1) is 14.5. The second kappa shape index (κ2) is 6.39. The maximum absolute atomic E-state index is 10.8. The number of nitrogens with zero attached hydrogens (tertiary/aromatic N) is 1. The lowest BCUT2D eigenvalue weighted by Gasteiger charge is -2.08. The maximum Gasteiger partial charge on any atom is 0.320 e. The van der Waals surface area contributed by atoms with Crippen LogP contribution >= 0.6 is 12.4 Å². The number of carbonyl (C=O) groups is 1. The minimum atomic E-state index is -0.779. The lowest BCUT2D eigenvalue weighted by atomic mass is 9.96. The SMILES string of the molecule is Cl.N#Cc1cccc(C[C@@H]2CN[C@@H](C(=O)O)C2)c1. The molecule has 1 heterocycles. The summed E-state index contributed by atoms with van der Waals surface area (Å²) in [6, 6.07) is 9.18. The standard InChI is InChI=1S/C13H14N2O2.ClH/c14-7-10-3-1-2-9(4-10)5-11-6-12(13(16)17)15-8-11;/h1-4,11-12,15H,5-6,8H2,(H,16,17);1H/t11-,12+;/m0./s1. The Bertz CT molecular complexity index is 470. The predicted octanol–water partition coefficient (Wildman–Crippen LogP) is 1.59. The average Bonchev–Trinajstić information content (AvgIpc) is 2.78. The minimum absolute atomic E-state index is 0. The van der Waals surface area contributed by atoms with E-state index in [-0.39, 0.29) is 12.4 Å². The van der Waals surface area contributed by atoms with Crippen LogP contribution in [-0.4, -0.2) is 23.7 Å². The highest BCUT2D eigenvalue weighted by atomic mass is 35.5. The zero-order valence-corrected chi connectivity index (χ0v) is 10.6. The third-order valence-corrected chi connectivity index (χ3v) is 3.10. The lowest BCUT2D eigenvalue weighted by Crippen LogP contribution is -2.29. The highest BCUT2D eigenvalue weighted by Gasteiger charge is 2.28. The molecule has 1 aliphatic heterocycles. The van der Waals surface area contributed by atoms with Crippen LogP contribution in [0.1, 0.15) is 17.5 Å². The van der Waals surface area contributed by atoms with Crippen molar-refractivity contribution in [2.75, 3.05) is 6.54 Å². The molecule has 4 nitrogen and oxygen atoms in total. The third-order valence-electron chi connectivity index (χ3n) is 3.10. The van der Waals surface area contributed by atoms with Gasteiger partial charge in [0.15, 0.2) is 0 Å². The van der Waals surface area contributed by atoms with Crippen LogP contribution in [0.3, 0.4) is 0 Å². The summed E-state index contributed by atoms with van der Waals surface area (Å²) in [6.07, 6.45) is 1.48. The Kier molecular flexibility index (Phi) is 5.14. The van der Waals surface area contributed by atoms with E-state index in [0.717, 1.165) is 18.5 Å². The predicted molar refractivity (Wildman–Crippen MR) is 69.6 cm³/mol. The molecule has 0 amide bonds. The smallest absolute Gasteiger partial charge is 0.320 e. The van der Waals surface area contributed by atoms with E-state index in [4.69, 9.17) is 10.4 Å². The first-order valence-corrected chi connectivity index (χ1v) is 5.64. The number of carboxylic acid groups (broad SMARTS) is 1. The van der Waals surface area contributed by atoms with Gasteiger partial charge in [0.1, 0.15) is 6.04 Å². The summed E-state index contributed by atoms with van der Waals surface area (Å²) in [5.41, 5.74) is 1.75. The number of aliphatic carboxylic acids is 1.